The second kappa shape index (κ2) is 5.57. The van der Waals surface area contributed by atoms with Crippen molar-refractivity contribution in [2.45, 2.75) is 11.3 Å². The van der Waals surface area contributed by atoms with Crippen molar-refractivity contribution in [3.05, 3.63) is 18.2 Å². The molecule has 0 aromatic heterocycles. The molecule has 0 fully saturated rings. The molecule has 17 heavy (non-hydrogen) atoms. The number of nitrogen functional groups attached to an aromatic ring is 1. The molecule has 0 saturated heterocycles. The number of nitrogens with two attached hydrogens (primary N) is 1. The van der Waals surface area contributed by atoms with Gasteiger partial charge in [0, 0.05) is 13.0 Å². The Kier molecular flexibility index (Phi) is 4.37. The summed E-state index contributed by atoms with van der Waals surface area (Å²) >= 11 is 0. The quantitative estimate of drug-likeness (QED) is 0.457. The third-order valence-corrected chi connectivity index (χ3v) is 3.53. The second-order valence-corrected chi connectivity index (χ2v) is 5.02. The predicted octanol–water partition coefficient (Wildman–Crippen LogP) is 0.579. The fourth-order valence-corrected chi connectivity index (χ4v) is 2.29. The molecule has 0 aliphatic carbocycles. The highest BCUT2D eigenvalue weighted by Gasteiger charge is 2.14. The van der Waals surface area contributed by atoms with Crippen molar-refractivity contribution in [3.8, 4) is 18.1 Å². The number of nitrogens with one attached hydrogen (secondary N) is 1. The van der Waals surface area contributed by atoms with E-state index < -0.39 is 10.0 Å². The third-order valence-electron chi connectivity index (χ3n) is 2.07. The van der Waals surface area contributed by atoms with Crippen molar-refractivity contribution < 1.29 is 13.2 Å². The van der Waals surface area contributed by atoms with Crippen molar-refractivity contribution >= 4 is 15.7 Å². The van der Waals surface area contributed by atoms with Crippen LogP contribution in [-0.4, -0.2) is 22.1 Å². The van der Waals surface area contributed by atoms with Crippen LogP contribution < -0.4 is 15.2 Å². The van der Waals surface area contributed by atoms with Crippen molar-refractivity contribution in [3.63, 3.8) is 0 Å². The minimum atomic E-state index is -3.56. The Hall–Kier alpha value is -1.71. The van der Waals surface area contributed by atoms with Gasteiger partial charge in [0.2, 0.25) is 10.0 Å². The van der Waals surface area contributed by atoms with Crippen LogP contribution in [0.15, 0.2) is 23.1 Å². The largest absolute Gasteiger partial charge is 0.495 e. The standard InChI is InChI=1S/C11H14N2O3S/c1-3-4-7-13-17(14,15)9-5-6-11(16-2)10(12)8-9/h1,5-6,8,13H,4,7,12H2,2H3. The summed E-state index contributed by atoms with van der Waals surface area (Å²) in [5.74, 6) is 2.79. The number of hydrogen-bond donors (Lipinski definition) is 2. The Balaban J connectivity index is 2.93. The van der Waals surface area contributed by atoms with Gasteiger partial charge in [-0.15, -0.1) is 12.3 Å². The first-order chi connectivity index (χ1) is 8.01. The lowest BCUT2D eigenvalue weighted by atomic mass is 10.3. The van der Waals surface area contributed by atoms with Gasteiger partial charge in [-0.3, -0.25) is 0 Å². The minimum Gasteiger partial charge on any atom is -0.495 e. The zero-order valence-corrected chi connectivity index (χ0v) is 10.3. The van der Waals surface area contributed by atoms with Gasteiger partial charge in [0.25, 0.3) is 0 Å². The van der Waals surface area contributed by atoms with Crippen molar-refractivity contribution in [2.24, 2.45) is 0 Å². The summed E-state index contributed by atoms with van der Waals surface area (Å²) < 4.78 is 30.9. The lowest BCUT2D eigenvalue weighted by molar-refractivity contribution is 0.416. The molecule has 0 heterocycles. The average Bonchev–Trinajstić information content (AvgIpc) is 2.29. The van der Waals surface area contributed by atoms with E-state index in [4.69, 9.17) is 16.9 Å². The number of terminal acetylenes is 1. The van der Waals surface area contributed by atoms with E-state index >= 15 is 0 Å². The molecular formula is C11H14N2O3S. The van der Waals surface area contributed by atoms with Crippen LogP contribution in [0.4, 0.5) is 5.69 Å². The van der Waals surface area contributed by atoms with E-state index in [2.05, 4.69) is 10.6 Å². The zero-order valence-electron chi connectivity index (χ0n) is 9.43. The fourth-order valence-electron chi connectivity index (χ4n) is 1.22. The maximum atomic E-state index is 11.8. The topological polar surface area (TPSA) is 81.4 Å². The summed E-state index contributed by atoms with van der Waals surface area (Å²) in [7, 11) is -2.10. The number of benzene rings is 1. The highest BCUT2D eigenvalue weighted by Crippen LogP contribution is 2.24. The van der Waals surface area contributed by atoms with Crippen LogP contribution >= 0.6 is 0 Å². The molecular weight excluding hydrogens is 240 g/mol. The third kappa shape index (κ3) is 3.37. The van der Waals surface area contributed by atoms with E-state index in [-0.39, 0.29) is 17.1 Å². The van der Waals surface area contributed by atoms with Crippen molar-refractivity contribution in [1.29, 1.82) is 0 Å². The summed E-state index contributed by atoms with van der Waals surface area (Å²) in [5.41, 5.74) is 5.90. The molecule has 5 nitrogen and oxygen atoms in total. The summed E-state index contributed by atoms with van der Waals surface area (Å²) in [6.45, 7) is 0.199. The molecule has 0 radical (unpaired) electrons. The van der Waals surface area contributed by atoms with Gasteiger partial charge in [0.1, 0.15) is 5.75 Å². The van der Waals surface area contributed by atoms with Gasteiger partial charge in [-0.2, -0.15) is 0 Å². The van der Waals surface area contributed by atoms with E-state index in [0.29, 0.717) is 12.2 Å². The molecule has 0 spiro atoms. The van der Waals surface area contributed by atoms with Gasteiger partial charge in [0.15, 0.2) is 0 Å². The number of hydrogen-bond acceptors (Lipinski definition) is 4. The summed E-state index contributed by atoms with van der Waals surface area (Å²) in [6, 6.07) is 4.27. The molecule has 0 atom stereocenters. The molecule has 0 aliphatic heterocycles. The Labute approximate surface area is 101 Å². The predicted molar refractivity (Wildman–Crippen MR) is 66.0 cm³/mol. The minimum absolute atomic E-state index is 0.0906. The lowest BCUT2D eigenvalue weighted by Gasteiger charge is -2.08. The molecule has 1 aromatic rings. The van der Waals surface area contributed by atoms with Gasteiger partial charge in [-0.25, -0.2) is 13.1 Å². The molecule has 3 N–H and O–H groups in total. The summed E-state index contributed by atoms with van der Waals surface area (Å²) in [6.07, 6.45) is 5.38. The van der Waals surface area contributed by atoms with Crippen LogP contribution in [-0.2, 0) is 10.0 Å². The van der Waals surface area contributed by atoms with Gasteiger partial charge in [0.05, 0.1) is 17.7 Å². The van der Waals surface area contributed by atoms with Crippen molar-refractivity contribution in [1.82, 2.24) is 4.72 Å². The van der Waals surface area contributed by atoms with Crippen LogP contribution in [0.1, 0.15) is 6.42 Å². The Bertz CT molecular complexity index is 532. The van der Waals surface area contributed by atoms with E-state index in [0.717, 1.165) is 0 Å². The lowest BCUT2D eigenvalue weighted by Crippen LogP contribution is -2.24. The van der Waals surface area contributed by atoms with Crippen LogP contribution in [0.25, 0.3) is 0 Å². The average molecular weight is 254 g/mol. The molecule has 0 bridgehead atoms. The molecule has 1 aromatic carbocycles. The van der Waals surface area contributed by atoms with Gasteiger partial charge in [-0.05, 0) is 18.2 Å². The smallest absolute Gasteiger partial charge is 0.240 e. The van der Waals surface area contributed by atoms with E-state index in [9.17, 15) is 8.42 Å². The summed E-state index contributed by atoms with van der Waals surface area (Å²) in [4.78, 5) is 0.0906. The molecule has 0 unspecified atom stereocenters. The number of anilines is 1. The number of rotatable bonds is 5. The maximum Gasteiger partial charge on any atom is 0.240 e. The van der Waals surface area contributed by atoms with E-state index in [1.165, 1.54) is 25.3 Å². The normalized spacial score (nSPS) is 10.8. The van der Waals surface area contributed by atoms with Gasteiger partial charge >= 0.3 is 0 Å². The van der Waals surface area contributed by atoms with Gasteiger partial charge in [-0.1, -0.05) is 0 Å². The molecule has 0 amide bonds. The van der Waals surface area contributed by atoms with Crippen LogP contribution in [0.2, 0.25) is 0 Å². The first-order valence-electron chi connectivity index (χ1n) is 4.88. The van der Waals surface area contributed by atoms with E-state index in [1.807, 2.05) is 0 Å². The highest BCUT2D eigenvalue weighted by atomic mass is 32.2. The van der Waals surface area contributed by atoms with Crippen LogP contribution in [0, 0.1) is 12.3 Å². The second-order valence-electron chi connectivity index (χ2n) is 3.26. The first-order valence-corrected chi connectivity index (χ1v) is 6.36. The summed E-state index contributed by atoms with van der Waals surface area (Å²) in [5, 5.41) is 0. The maximum absolute atomic E-state index is 11.8. The fraction of sp³-hybridized carbons (Fsp3) is 0.273. The number of methoxy groups -OCH3 is 1. The van der Waals surface area contributed by atoms with E-state index in [1.54, 1.807) is 0 Å². The molecule has 0 saturated carbocycles. The zero-order chi connectivity index (χ0) is 12.9. The Morgan fingerprint density at radius 2 is 2.24 bits per heavy atom. The van der Waals surface area contributed by atoms with Gasteiger partial charge < -0.3 is 10.5 Å². The first kappa shape index (κ1) is 13.4. The SMILES string of the molecule is C#CCCNS(=O)(=O)c1ccc(OC)c(N)c1. The Morgan fingerprint density at radius 1 is 1.53 bits per heavy atom. The molecule has 6 heteroatoms. The highest BCUT2D eigenvalue weighted by molar-refractivity contribution is 7.89. The Morgan fingerprint density at radius 3 is 2.76 bits per heavy atom. The van der Waals surface area contributed by atoms with Crippen LogP contribution in [0.3, 0.4) is 0 Å². The van der Waals surface area contributed by atoms with Crippen molar-refractivity contribution in [2.75, 3.05) is 19.4 Å². The van der Waals surface area contributed by atoms with Crippen LogP contribution in [0.5, 0.6) is 5.75 Å². The number of sulfonamides is 1. The molecule has 92 valence electrons. The monoisotopic (exact) mass is 254 g/mol. The molecule has 1 rings (SSSR count). The number of ether oxygens (including phenoxy) is 1. The molecule has 0 aliphatic rings.